The van der Waals surface area contributed by atoms with E-state index in [0.717, 1.165) is 5.56 Å². The van der Waals surface area contributed by atoms with Gasteiger partial charge in [0.15, 0.2) is 0 Å². The number of rotatable bonds is 2. The van der Waals surface area contributed by atoms with Crippen LogP contribution in [-0.4, -0.2) is 41.8 Å². The molecule has 0 aromatic heterocycles. The Morgan fingerprint density at radius 2 is 2.06 bits per heavy atom. The average molecular weight is 289 g/mol. The molecule has 1 aliphatic rings. The maximum atomic E-state index is 11.1. The molecule has 2 rings (SSSR count). The lowest BCUT2D eigenvalue weighted by molar-refractivity contribution is 0.112. The zero-order valence-electron chi connectivity index (χ0n) is 9.70. The topological polar surface area (TPSA) is 52.6 Å². The van der Waals surface area contributed by atoms with Gasteiger partial charge >= 0.3 is 6.09 Å². The van der Waals surface area contributed by atoms with Gasteiger partial charge in [0.05, 0.1) is 6.04 Å². The summed E-state index contributed by atoms with van der Waals surface area (Å²) in [6.45, 7) is 1.85. The third-order valence-corrected chi connectivity index (χ3v) is 3.43. The van der Waals surface area contributed by atoms with Crippen molar-refractivity contribution in [3.63, 3.8) is 0 Å². The van der Waals surface area contributed by atoms with Crippen molar-refractivity contribution in [2.75, 3.05) is 19.6 Å². The maximum absolute atomic E-state index is 11.1. The summed E-state index contributed by atoms with van der Waals surface area (Å²) in [6, 6.07) is 5.23. The number of amides is 1. The smallest absolute Gasteiger partial charge is 0.407 e. The van der Waals surface area contributed by atoms with Crippen LogP contribution in [0.3, 0.4) is 0 Å². The summed E-state index contributed by atoms with van der Waals surface area (Å²) in [6.07, 6.45) is -0.269. The van der Waals surface area contributed by atoms with Gasteiger partial charge in [-0.25, -0.2) is 4.79 Å². The van der Waals surface area contributed by atoms with Gasteiger partial charge in [-0.2, -0.15) is 0 Å². The molecule has 1 atom stereocenters. The Morgan fingerprint density at radius 1 is 1.39 bits per heavy atom. The molecule has 4 nitrogen and oxygen atoms in total. The fourth-order valence-electron chi connectivity index (χ4n) is 2.20. The van der Waals surface area contributed by atoms with Crippen LogP contribution < -0.4 is 5.32 Å². The first-order chi connectivity index (χ1) is 8.56. The lowest BCUT2D eigenvalue weighted by Crippen LogP contribution is -2.54. The third kappa shape index (κ3) is 3.28. The standard InChI is InChI=1S/C12H14Cl2N2O2/c13-9-3-8(4-10(14)6-9)5-11-7-15-1-2-16(11)12(17)18/h3-4,6,11,15H,1-2,5,7H2,(H,17,18). The van der Waals surface area contributed by atoms with Gasteiger partial charge in [0, 0.05) is 29.7 Å². The molecule has 0 spiro atoms. The first-order valence-electron chi connectivity index (χ1n) is 5.71. The minimum Gasteiger partial charge on any atom is -0.465 e. The maximum Gasteiger partial charge on any atom is 0.407 e. The van der Waals surface area contributed by atoms with Gasteiger partial charge in [-0.15, -0.1) is 0 Å². The SMILES string of the molecule is O=C(O)N1CCNCC1Cc1cc(Cl)cc(Cl)c1. The normalized spacial score (nSPS) is 19.9. The Labute approximate surface area is 115 Å². The predicted octanol–water partition coefficient (Wildman–Crippen LogP) is 2.49. The van der Waals surface area contributed by atoms with Crippen LogP contribution in [0.5, 0.6) is 0 Å². The number of benzene rings is 1. The molecule has 1 aromatic rings. The monoisotopic (exact) mass is 288 g/mol. The van der Waals surface area contributed by atoms with Crippen molar-refractivity contribution in [3.8, 4) is 0 Å². The average Bonchev–Trinajstić information content (AvgIpc) is 2.27. The molecule has 0 saturated carbocycles. The number of carboxylic acid groups (broad SMARTS) is 1. The Hall–Kier alpha value is -0.970. The molecule has 1 aliphatic heterocycles. The highest BCUT2D eigenvalue weighted by Gasteiger charge is 2.26. The number of nitrogens with one attached hydrogen (secondary N) is 1. The second-order valence-corrected chi connectivity index (χ2v) is 5.19. The van der Waals surface area contributed by atoms with Gasteiger partial charge in [-0.1, -0.05) is 23.2 Å². The minimum absolute atomic E-state index is 0.0780. The molecule has 6 heteroatoms. The summed E-state index contributed by atoms with van der Waals surface area (Å²) in [5, 5.41) is 13.5. The van der Waals surface area contributed by atoms with E-state index >= 15 is 0 Å². The Balaban J connectivity index is 2.13. The first kappa shape index (κ1) is 13.5. The molecule has 1 fully saturated rings. The molecule has 1 saturated heterocycles. The third-order valence-electron chi connectivity index (χ3n) is 2.99. The molecule has 18 heavy (non-hydrogen) atoms. The summed E-state index contributed by atoms with van der Waals surface area (Å²) in [4.78, 5) is 12.6. The molecule has 2 N–H and O–H groups in total. The number of nitrogens with zero attached hydrogens (tertiary/aromatic N) is 1. The molecule has 0 aliphatic carbocycles. The van der Waals surface area contributed by atoms with E-state index in [2.05, 4.69) is 5.32 Å². The number of halogens is 2. The molecule has 1 unspecified atom stereocenters. The van der Waals surface area contributed by atoms with Crippen molar-refractivity contribution in [2.24, 2.45) is 0 Å². The van der Waals surface area contributed by atoms with Gasteiger partial charge in [-0.05, 0) is 30.2 Å². The van der Waals surface area contributed by atoms with Gasteiger partial charge in [0.25, 0.3) is 0 Å². The van der Waals surface area contributed by atoms with Crippen molar-refractivity contribution >= 4 is 29.3 Å². The Morgan fingerprint density at radius 3 is 2.67 bits per heavy atom. The van der Waals surface area contributed by atoms with Gasteiger partial charge in [0.1, 0.15) is 0 Å². The quantitative estimate of drug-likeness (QED) is 0.879. The summed E-state index contributed by atoms with van der Waals surface area (Å²) in [5.74, 6) is 0. The highest BCUT2D eigenvalue weighted by molar-refractivity contribution is 6.34. The van der Waals surface area contributed by atoms with Crippen LogP contribution in [0, 0.1) is 0 Å². The molecule has 1 amide bonds. The fraction of sp³-hybridized carbons (Fsp3) is 0.417. The molecule has 1 aromatic carbocycles. The van der Waals surface area contributed by atoms with Crippen LogP contribution in [0.2, 0.25) is 10.0 Å². The lowest BCUT2D eigenvalue weighted by Gasteiger charge is -2.34. The fourth-order valence-corrected chi connectivity index (χ4v) is 2.77. The van der Waals surface area contributed by atoms with E-state index in [4.69, 9.17) is 28.3 Å². The Bertz CT molecular complexity index is 433. The van der Waals surface area contributed by atoms with Crippen molar-refractivity contribution in [1.82, 2.24) is 10.2 Å². The molecule has 1 heterocycles. The molecular formula is C12H14Cl2N2O2. The number of piperazine rings is 1. The number of hydrogen-bond acceptors (Lipinski definition) is 2. The van der Waals surface area contributed by atoms with Crippen LogP contribution in [0.25, 0.3) is 0 Å². The van der Waals surface area contributed by atoms with Gasteiger partial charge in [-0.3, -0.25) is 0 Å². The molecule has 0 bridgehead atoms. The van der Waals surface area contributed by atoms with Crippen LogP contribution in [-0.2, 0) is 6.42 Å². The highest BCUT2D eigenvalue weighted by Crippen LogP contribution is 2.21. The zero-order chi connectivity index (χ0) is 13.1. The largest absolute Gasteiger partial charge is 0.465 e. The van der Waals surface area contributed by atoms with Gasteiger partial charge in [0.2, 0.25) is 0 Å². The van der Waals surface area contributed by atoms with E-state index in [0.29, 0.717) is 36.1 Å². The van der Waals surface area contributed by atoms with Crippen LogP contribution in [0.1, 0.15) is 5.56 Å². The van der Waals surface area contributed by atoms with Crippen molar-refractivity contribution in [2.45, 2.75) is 12.5 Å². The molecule has 0 radical (unpaired) electrons. The molecular weight excluding hydrogens is 275 g/mol. The number of carbonyl (C=O) groups is 1. The zero-order valence-corrected chi connectivity index (χ0v) is 11.2. The molecule has 98 valence electrons. The van der Waals surface area contributed by atoms with Crippen LogP contribution in [0.4, 0.5) is 4.79 Å². The van der Waals surface area contributed by atoms with E-state index in [1.165, 1.54) is 4.90 Å². The summed E-state index contributed by atoms with van der Waals surface area (Å²) in [7, 11) is 0. The lowest BCUT2D eigenvalue weighted by atomic mass is 10.0. The van der Waals surface area contributed by atoms with E-state index in [1.807, 2.05) is 12.1 Å². The second kappa shape index (κ2) is 5.78. The van der Waals surface area contributed by atoms with Crippen molar-refractivity contribution < 1.29 is 9.90 Å². The Kier molecular flexibility index (Phi) is 4.32. The first-order valence-corrected chi connectivity index (χ1v) is 6.47. The number of hydrogen-bond donors (Lipinski definition) is 2. The van der Waals surface area contributed by atoms with Crippen molar-refractivity contribution in [3.05, 3.63) is 33.8 Å². The van der Waals surface area contributed by atoms with Crippen LogP contribution in [0.15, 0.2) is 18.2 Å². The summed E-state index contributed by atoms with van der Waals surface area (Å²) < 4.78 is 0. The van der Waals surface area contributed by atoms with Crippen molar-refractivity contribution in [1.29, 1.82) is 0 Å². The van der Waals surface area contributed by atoms with E-state index in [9.17, 15) is 4.79 Å². The predicted molar refractivity (Wildman–Crippen MR) is 71.6 cm³/mol. The second-order valence-electron chi connectivity index (χ2n) is 4.32. The van der Waals surface area contributed by atoms with E-state index in [1.54, 1.807) is 6.07 Å². The summed E-state index contributed by atoms with van der Waals surface area (Å²) >= 11 is 11.9. The minimum atomic E-state index is -0.880. The van der Waals surface area contributed by atoms with E-state index in [-0.39, 0.29) is 6.04 Å². The van der Waals surface area contributed by atoms with Crippen LogP contribution >= 0.6 is 23.2 Å². The highest BCUT2D eigenvalue weighted by atomic mass is 35.5. The van der Waals surface area contributed by atoms with Gasteiger partial charge < -0.3 is 15.3 Å². The van der Waals surface area contributed by atoms with E-state index < -0.39 is 6.09 Å². The summed E-state index contributed by atoms with van der Waals surface area (Å²) in [5.41, 5.74) is 0.951.